The van der Waals surface area contributed by atoms with Crippen LogP contribution in [0, 0.1) is 11.3 Å². The predicted molar refractivity (Wildman–Crippen MR) is 71.5 cm³/mol. The van der Waals surface area contributed by atoms with Crippen LogP contribution in [0.15, 0.2) is 18.2 Å². The lowest BCUT2D eigenvalue weighted by molar-refractivity contribution is 0.559. The zero-order chi connectivity index (χ0) is 13.2. The first-order valence-electron chi connectivity index (χ1n) is 5.67. The third kappa shape index (κ3) is 2.95. The summed E-state index contributed by atoms with van der Waals surface area (Å²) in [6, 6.07) is 7.36. The summed E-state index contributed by atoms with van der Waals surface area (Å²) in [4.78, 5) is 0. The van der Waals surface area contributed by atoms with Gasteiger partial charge in [0.15, 0.2) is 0 Å². The van der Waals surface area contributed by atoms with Crippen LogP contribution in [-0.4, -0.2) is 26.0 Å². The molecular formula is C12H13ClN2O2S. The van der Waals surface area contributed by atoms with Crippen molar-refractivity contribution in [1.29, 1.82) is 5.26 Å². The second-order valence-electron chi connectivity index (χ2n) is 4.34. The number of nitriles is 1. The summed E-state index contributed by atoms with van der Waals surface area (Å²) in [6.45, 7) is 0. The Bertz CT molecular complexity index is 579. The first kappa shape index (κ1) is 13.2. The molecular weight excluding hydrogens is 272 g/mol. The topological polar surface area (TPSA) is 70.0 Å². The molecule has 0 bridgehead atoms. The molecule has 4 nitrogen and oxygen atoms in total. The molecule has 0 spiro atoms. The first-order chi connectivity index (χ1) is 8.52. The number of rotatable bonds is 2. The van der Waals surface area contributed by atoms with E-state index in [0.717, 1.165) is 0 Å². The molecule has 1 aromatic carbocycles. The van der Waals surface area contributed by atoms with Gasteiger partial charge in [-0.3, -0.25) is 0 Å². The van der Waals surface area contributed by atoms with Crippen molar-refractivity contribution in [3.63, 3.8) is 0 Å². The van der Waals surface area contributed by atoms with E-state index in [1.807, 2.05) is 0 Å². The van der Waals surface area contributed by atoms with E-state index in [1.54, 1.807) is 18.2 Å². The van der Waals surface area contributed by atoms with Crippen LogP contribution in [0.25, 0.3) is 0 Å². The van der Waals surface area contributed by atoms with Crippen molar-refractivity contribution in [1.82, 2.24) is 0 Å². The van der Waals surface area contributed by atoms with Crippen LogP contribution in [0.2, 0.25) is 5.02 Å². The Balaban J connectivity index is 2.12. The number of nitrogens with zero attached hydrogens (tertiary/aromatic N) is 1. The summed E-state index contributed by atoms with van der Waals surface area (Å²) < 4.78 is 22.6. The Morgan fingerprint density at radius 3 is 2.61 bits per heavy atom. The minimum absolute atomic E-state index is 0.0825. The maximum absolute atomic E-state index is 11.3. The molecule has 1 N–H and O–H groups in total. The Morgan fingerprint density at radius 1 is 1.33 bits per heavy atom. The third-order valence-corrected chi connectivity index (χ3v) is 5.07. The molecule has 0 amide bonds. The highest BCUT2D eigenvalue weighted by Gasteiger charge is 2.24. The highest BCUT2D eigenvalue weighted by Crippen LogP contribution is 2.25. The van der Waals surface area contributed by atoms with Gasteiger partial charge in [0.25, 0.3) is 0 Å². The van der Waals surface area contributed by atoms with Crippen LogP contribution in [-0.2, 0) is 9.84 Å². The van der Waals surface area contributed by atoms with Crippen molar-refractivity contribution in [3.8, 4) is 6.07 Å². The Kier molecular flexibility index (Phi) is 3.79. The van der Waals surface area contributed by atoms with E-state index < -0.39 is 9.84 Å². The second-order valence-corrected chi connectivity index (χ2v) is 7.06. The van der Waals surface area contributed by atoms with E-state index in [2.05, 4.69) is 11.4 Å². The van der Waals surface area contributed by atoms with E-state index in [9.17, 15) is 8.42 Å². The average molecular weight is 285 g/mol. The summed E-state index contributed by atoms with van der Waals surface area (Å²) in [5.74, 6) is 0.403. The van der Waals surface area contributed by atoms with Gasteiger partial charge in [-0.05, 0) is 25.0 Å². The monoisotopic (exact) mass is 284 g/mol. The zero-order valence-electron chi connectivity index (χ0n) is 9.69. The molecule has 0 radical (unpaired) electrons. The normalized spacial score (nSPS) is 19.1. The van der Waals surface area contributed by atoms with Crippen molar-refractivity contribution in [2.75, 3.05) is 16.8 Å². The van der Waals surface area contributed by atoms with Crippen LogP contribution in [0.1, 0.15) is 18.4 Å². The number of benzene rings is 1. The molecule has 96 valence electrons. The van der Waals surface area contributed by atoms with Crippen molar-refractivity contribution in [2.24, 2.45) is 0 Å². The quantitative estimate of drug-likeness (QED) is 0.904. The fourth-order valence-electron chi connectivity index (χ4n) is 2.01. The molecule has 6 heteroatoms. The highest BCUT2D eigenvalue weighted by atomic mass is 35.5. The molecule has 0 aliphatic carbocycles. The fourth-order valence-corrected chi connectivity index (χ4v) is 3.72. The van der Waals surface area contributed by atoms with Gasteiger partial charge in [-0.25, -0.2) is 8.42 Å². The maximum Gasteiger partial charge on any atom is 0.150 e. The molecule has 1 heterocycles. The number of anilines is 1. The standard InChI is InChI=1S/C12H13ClN2O2S/c13-11-2-1-3-12(10(11)8-14)15-9-4-6-18(16,17)7-5-9/h1-3,9,15H,4-7H2. The van der Waals surface area contributed by atoms with E-state index in [-0.39, 0.29) is 17.5 Å². The smallest absolute Gasteiger partial charge is 0.150 e. The Labute approximate surface area is 111 Å². The second kappa shape index (κ2) is 5.17. The van der Waals surface area contributed by atoms with Crippen molar-refractivity contribution >= 4 is 27.1 Å². The molecule has 1 aromatic rings. The molecule has 1 aliphatic rings. The van der Waals surface area contributed by atoms with Crippen LogP contribution in [0.3, 0.4) is 0 Å². The maximum atomic E-state index is 11.3. The molecule has 0 saturated carbocycles. The van der Waals surface area contributed by atoms with Crippen LogP contribution >= 0.6 is 11.6 Å². The minimum Gasteiger partial charge on any atom is -0.381 e. The summed E-state index contributed by atoms with van der Waals surface area (Å²) in [7, 11) is -2.86. The van der Waals surface area contributed by atoms with E-state index >= 15 is 0 Å². The van der Waals surface area contributed by atoms with Crippen molar-refractivity contribution in [3.05, 3.63) is 28.8 Å². The lowest BCUT2D eigenvalue weighted by atomic mass is 10.1. The number of sulfone groups is 1. The molecule has 0 atom stereocenters. The van der Waals surface area contributed by atoms with E-state index in [1.165, 1.54) is 0 Å². The highest BCUT2D eigenvalue weighted by molar-refractivity contribution is 7.91. The van der Waals surface area contributed by atoms with Gasteiger partial charge in [0.2, 0.25) is 0 Å². The van der Waals surface area contributed by atoms with Gasteiger partial charge in [-0.1, -0.05) is 17.7 Å². The Morgan fingerprint density at radius 2 is 2.00 bits per heavy atom. The van der Waals surface area contributed by atoms with E-state index in [4.69, 9.17) is 16.9 Å². The number of hydrogen-bond donors (Lipinski definition) is 1. The SMILES string of the molecule is N#Cc1c(Cl)cccc1NC1CCS(=O)(=O)CC1. The lowest BCUT2D eigenvalue weighted by Gasteiger charge is -2.24. The molecule has 1 fully saturated rings. The van der Waals surface area contributed by atoms with Gasteiger partial charge in [0.05, 0.1) is 27.8 Å². The largest absolute Gasteiger partial charge is 0.381 e. The van der Waals surface area contributed by atoms with Gasteiger partial charge in [0, 0.05) is 6.04 Å². The summed E-state index contributed by atoms with van der Waals surface area (Å²) in [5, 5.41) is 12.7. The van der Waals surface area contributed by atoms with Crippen molar-refractivity contribution < 1.29 is 8.42 Å². The van der Waals surface area contributed by atoms with Crippen LogP contribution in [0.4, 0.5) is 5.69 Å². The third-order valence-electron chi connectivity index (χ3n) is 3.04. The molecule has 2 rings (SSSR count). The molecule has 0 unspecified atom stereocenters. The first-order valence-corrected chi connectivity index (χ1v) is 7.87. The van der Waals surface area contributed by atoms with Crippen LogP contribution in [0.5, 0.6) is 0 Å². The number of hydrogen-bond acceptors (Lipinski definition) is 4. The van der Waals surface area contributed by atoms with Crippen LogP contribution < -0.4 is 5.32 Å². The lowest BCUT2D eigenvalue weighted by Crippen LogP contribution is -2.32. The summed E-state index contributed by atoms with van der Waals surface area (Å²) >= 11 is 5.93. The van der Waals surface area contributed by atoms with Crippen molar-refractivity contribution in [2.45, 2.75) is 18.9 Å². The zero-order valence-corrected chi connectivity index (χ0v) is 11.3. The van der Waals surface area contributed by atoms with E-state index in [0.29, 0.717) is 29.1 Å². The van der Waals surface area contributed by atoms with Gasteiger partial charge in [-0.15, -0.1) is 0 Å². The average Bonchev–Trinajstić information content (AvgIpc) is 2.32. The molecule has 0 aromatic heterocycles. The summed E-state index contributed by atoms with van der Waals surface area (Å²) in [5.41, 5.74) is 1.09. The Hall–Kier alpha value is -1.25. The molecule has 1 aliphatic heterocycles. The van der Waals surface area contributed by atoms with Gasteiger partial charge in [0.1, 0.15) is 15.9 Å². The number of nitrogens with one attached hydrogen (secondary N) is 1. The van der Waals surface area contributed by atoms with Gasteiger partial charge in [-0.2, -0.15) is 5.26 Å². The fraction of sp³-hybridized carbons (Fsp3) is 0.417. The predicted octanol–water partition coefficient (Wildman–Crippen LogP) is 2.20. The summed E-state index contributed by atoms with van der Waals surface area (Å²) in [6.07, 6.45) is 1.14. The molecule has 18 heavy (non-hydrogen) atoms. The molecule has 1 saturated heterocycles. The minimum atomic E-state index is -2.86. The van der Waals surface area contributed by atoms with Gasteiger partial charge < -0.3 is 5.32 Å². The van der Waals surface area contributed by atoms with Gasteiger partial charge >= 0.3 is 0 Å². The number of halogens is 1.